The number of carbonyl (C=O) groups excluding carboxylic acids is 1. The van der Waals surface area contributed by atoms with Gasteiger partial charge in [-0.15, -0.1) is 0 Å². The second kappa shape index (κ2) is 8.52. The molecule has 0 saturated heterocycles. The smallest absolute Gasteiger partial charge is 0.303 e. The van der Waals surface area contributed by atoms with E-state index in [0.717, 1.165) is 5.75 Å². The first-order valence-corrected chi connectivity index (χ1v) is 8.64. The van der Waals surface area contributed by atoms with E-state index in [1.54, 1.807) is 24.3 Å². The minimum Gasteiger partial charge on any atom is -0.481 e. The van der Waals surface area contributed by atoms with Gasteiger partial charge in [0.25, 0.3) is 0 Å². The predicted octanol–water partition coefficient (Wildman–Crippen LogP) is 4.97. The van der Waals surface area contributed by atoms with Crippen molar-refractivity contribution in [1.82, 2.24) is 0 Å². The summed E-state index contributed by atoms with van der Waals surface area (Å²) in [6.07, 6.45) is 0.506. The third kappa shape index (κ3) is 6.24. The van der Waals surface area contributed by atoms with Crippen molar-refractivity contribution in [2.45, 2.75) is 45.4 Å². The predicted molar refractivity (Wildman–Crippen MR) is 102 cm³/mol. The van der Waals surface area contributed by atoms with Crippen LogP contribution in [0.2, 0.25) is 0 Å². The van der Waals surface area contributed by atoms with Crippen molar-refractivity contribution in [2.75, 3.05) is 5.32 Å². The largest absolute Gasteiger partial charge is 0.481 e. The van der Waals surface area contributed by atoms with Crippen LogP contribution in [0.1, 0.15) is 45.6 Å². The third-order valence-corrected chi connectivity index (χ3v) is 3.89. The molecule has 0 aromatic heterocycles. The summed E-state index contributed by atoms with van der Waals surface area (Å²) in [5, 5.41) is 11.3. The van der Waals surface area contributed by atoms with Gasteiger partial charge in [0.2, 0.25) is 5.91 Å². The minimum atomic E-state index is -0.894. The fourth-order valence-electron chi connectivity index (χ4n) is 2.39. The average molecular weight is 355 g/mol. The normalized spacial score (nSPS) is 11.0. The van der Waals surface area contributed by atoms with Crippen molar-refractivity contribution >= 4 is 17.6 Å². The summed E-state index contributed by atoms with van der Waals surface area (Å²) in [5.41, 5.74) is 2.00. The van der Waals surface area contributed by atoms with Gasteiger partial charge >= 0.3 is 5.97 Å². The fraction of sp³-hybridized carbons (Fsp3) is 0.333. The highest BCUT2D eigenvalue weighted by atomic mass is 16.5. The molecular formula is C21H25NO4. The van der Waals surface area contributed by atoms with Crippen LogP contribution in [0.5, 0.6) is 11.5 Å². The van der Waals surface area contributed by atoms with Crippen LogP contribution < -0.4 is 10.1 Å². The van der Waals surface area contributed by atoms with Gasteiger partial charge in [-0.3, -0.25) is 9.59 Å². The third-order valence-electron chi connectivity index (χ3n) is 3.89. The lowest BCUT2D eigenvalue weighted by Crippen LogP contribution is -2.11. The summed E-state index contributed by atoms with van der Waals surface area (Å²) in [4.78, 5) is 22.2. The molecule has 0 spiro atoms. The summed E-state index contributed by atoms with van der Waals surface area (Å²) < 4.78 is 5.82. The number of carbonyl (C=O) groups is 2. The molecule has 0 atom stereocenters. The lowest BCUT2D eigenvalue weighted by Gasteiger charge is -2.19. The molecule has 0 bridgehead atoms. The van der Waals surface area contributed by atoms with E-state index in [9.17, 15) is 9.59 Å². The molecule has 1 amide bonds. The number of amides is 1. The summed E-state index contributed by atoms with van der Waals surface area (Å²) in [7, 11) is 0. The molecule has 138 valence electrons. The summed E-state index contributed by atoms with van der Waals surface area (Å²) in [6, 6.07) is 15.1. The lowest BCUT2D eigenvalue weighted by atomic mass is 9.87. The highest BCUT2D eigenvalue weighted by Crippen LogP contribution is 2.27. The highest BCUT2D eigenvalue weighted by Gasteiger charge is 2.13. The van der Waals surface area contributed by atoms with Crippen LogP contribution in [0.3, 0.4) is 0 Å². The zero-order chi connectivity index (χ0) is 19.2. The van der Waals surface area contributed by atoms with E-state index >= 15 is 0 Å². The van der Waals surface area contributed by atoms with E-state index < -0.39 is 5.97 Å². The summed E-state index contributed by atoms with van der Waals surface area (Å²) >= 11 is 0. The molecule has 2 aromatic carbocycles. The molecule has 0 aliphatic carbocycles. The number of ether oxygens (including phenoxy) is 1. The van der Waals surface area contributed by atoms with Gasteiger partial charge in [-0.2, -0.15) is 0 Å². The van der Waals surface area contributed by atoms with Gasteiger partial charge in [0.15, 0.2) is 0 Å². The number of hydrogen-bond donors (Lipinski definition) is 2. The summed E-state index contributed by atoms with van der Waals surface area (Å²) in [6.45, 7) is 6.49. The fourth-order valence-corrected chi connectivity index (χ4v) is 2.39. The van der Waals surface area contributed by atoms with E-state index in [4.69, 9.17) is 9.84 Å². The number of anilines is 1. The molecule has 0 saturated carbocycles. The maximum absolute atomic E-state index is 11.7. The van der Waals surface area contributed by atoms with Crippen molar-refractivity contribution in [3.8, 4) is 11.5 Å². The van der Waals surface area contributed by atoms with Crippen molar-refractivity contribution in [3.05, 3.63) is 54.1 Å². The number of hydrogen-bond acceptors (Lipinski definition) is 3. The van der Waals surface area contributed by atoms with E-state index in [1.807, 2.05) is 12.1 Å². The molecular weight excluding hydrogens is 330 g/mol. The van der Waals surface area contributed by atoms with Crippen molar-refractivity contribution in [2.24, 2.45) is 0 Å². The van der Waals surface area contributed by atoms with Gasteiger partial charge in [0.05, 0.1) is 0 Å². The van der Waals surface area contributed by atoms with Gasteiger partial charge in [-0.25, -0.2) is 0 Å². The second-order valence-corrected chi connectivity index (χ2v) is 7.20. The molecule has 2 aromatic rings. The number of carboxylic acids is 1. The molecule has 0 unspecified atom stereocenters. The zero-order valence-electron chi connectivity index (χ0n) is 15.4. The quantitative estimate of drug-likeness (QED) is 0.735. The second-order valence-electron chi connectivity index (χ2n) is 7.20. The van der Waals surface area contributed by atoms with Crippen molar-refractivity contribution < 1.29 is 19.4 Å². The maximum atomic E-state index is 11.7. The van der Waals surface area contributed by atoms with Crippen LogP contribution in [0.15, 0.2) is 48.5 Å². The SMILES string of the molecule is CC(C)(C)c1ccc(Oc2ccc(NC(=O)CCCC(=O)O)cc2)cc1. The van der Waals surface area contributed by atoms with E-state index in [1.165, 1.54) is 5.56 Å². The lowest BCUT2D eigenvalue weighted by molar-refractivity contribution is -0.137. The Bertz CT molecular complexity index is 743. The molecule has 2 N–H and O–H groups in total. The molecule has 0 aliphatic heterocycles. The molecule has 5 heteroatoms. The van der Waals surface area contributed by atoms with Crippen LogP contribution in [0.4, 0.5) is 5.69 Å². The first kappa shape index (κ1) is 19.5. The van der Waals surface area contributed by atoms with E-state index in [2.05, 4.69) is 38.2 Å². The zero-order valence-corrected chi connectivity index (χ0v) is 15.4. The standard InChI is InChI=1S/C21H25NO4/c1-21(2,3)15-7-11-17(12-8-15)26-18-13-9-16(10-14-18)22-19(23)5-4-6-20(24)25/h7-14H,4-6H2,1-3H3,(H,22,23)(H,24,25). The van der Waals surface area contributed by atoms with Gasteiger partial charge in [0.1, 0.15) is 11.5 Å². The van der Waals surface area contributed by atoms with Crippen LogP contribution in [-0.2, 0) is 15.0 Å². The monoisotopic (exact) mass is 355 g/mol. The van der Waals surface area contributed by atoms with Crippen LogP contribution >= 0.6 is 0 Å². The van der Waals surface area contributed by atoms with Crippen LogP contribution in [0.25, 0.3) is 0 Å². The van der Waals surface area contributed by atoms with E-state index in [0.29, 0.717) is 17.9 Å². The molecule has 0 heterocycles. The number of aliphatic carboxylic acids is 1. The highest BCUT2D eigenvalue weighted by molar-refractivity contribution is 5.90. The average Bonchev–Trinajstić information content (AvgIpc) is 2.56. The first-order chi connectivity index (χ1) is 12.2. The van der Waals surface area contributed by atoms with Gasteiger partial charge in [-0.1, -0.05) is 32.9 Å². The molecule has 0 aliphatic rings. The Hall–Kier alpha value is -2.82. The number of nitrogens with one attached hydrogen (secondary N) is 1. The maximum Gasteiger partial charge on any atom is 0.303 e. The van der Waals surface area contributed by atoms with Crippen molar-refractivity contribution in [1.29, 1.82) is 0 Å². The molecule has 0 fully saturated rings. The van der Waals surface area contributed by atoms with Crippen LogP contribution in [0, 0.1) is 0 Å². The van der Waals surface area contributed by atoms with Crippen LogP contribution in [-0.4, -0.2) is 17.0 Å². The molecule has 5 nitrogen and oxygen atoms in total. The van der Waals surface area contributed by atoms with Crippen molar-refractivity contribution in [3.63, 3.8) is 0 Å². The summed E-state index contributed by atoms with van der Waals surface area (Å²) in [5.74, 6) is 0.341. The minimum absolute atomic E-state index is 0.00575. The topological polar surface area (TPSA) is 75.6 Å². The van der Waals surface area contributed by atoms with Gasteiger partial charge < -0.3 is 15.2 Å². The Morgan fingerprint density at radius 1 is 0.923 bits per heavy atom. The Morgan fingerprint density at radius 2 is 1.46 bits per heavy atom. The first-order valence-electron chi connectivity index (χ1n) is 8.64. The molecule has 2 rings (SSSR count). The van der Waals surface area contributed by atoms with Gasteiger partial charge in [-0.05, 0) is 53.8 Å². The number of carboxylic acid groups (broad SMARTS) is 1. The Morgan fingerprint density at radius 3 is 1.96 bits per heavy atom. The van der Waals surface area contributed by atoms with Gasteiger partial charge in [0, 0.05) is 18.5 Å². The Balaban J connectivity index is 1.89. The number of rotatable bonds is 7. The Labute approximate surface area is 154 Å². The molecule has 26 heavy (non-hydrogen) atoms. The Kier molecular flexibility index (Phi) is 6.39. The number of benzene rings is 2. The van der Waals surface area contributed by atoms with E-state index in [-0.39, 0.29) is 24.2 Å². The molecule has 0 radical (unpaired) electrons.